The molecule has 2 heterocycles. The maximum Gasteiger partial charge on any atom is 0.286 e. The van der Waals surface area contributed by atoms with E-state index < -0.39 is 0 Å². The highest BCUT2D eigenvalue weighted by Crippen LogP contribution is 2.17. The number of nitrogens with zero attached hydrogens (tertiary/aromatic N) is 2. The molecule has 0 atom stereocenters. The maximum atomic E-state index is 11.9. The first kappa shape index (κ1) is 22.9. The van der Waals surface area contributed by atoms with Gasteiger partial charge in [0, 0.05) is 51.4 Å². The van der Waals surface area contributed by atoms with Crippen molar-refractivity contribution in [2.24, 2.45) is 0 Å². The van der Waals surface area contributed by atoms with Crippen LogP contribution in [0, 0.1) is 6.92 Å². The molecule has 0 radical (unpaired) electrons. The monoisotopic (exact) mass is 426 g/mol. The van der Waals surface area contributed by atoms with Gasteiger partial charge < -0.3 is 20.0 Å². The molecular weight excluding hydrogens is 392 g/mol. The van der Waals surface area contributed by atoms with Crippen LogP contribution >= 0.6 is 0 Å². The number of aryl methyl sites for hydroxylation is 1. The molecule has 0 saturated carbocycles. The lowest BCUT2D eigenvalue weighted by atomic mass is 10.2. The Kier molecular flexibility index (Phi) is 8.97. The van der Waals surface area contributed by atoms with Crippen LogP contribution in [0.25, 0.3) is 0 Å². The summed E-state index contributed by atoms with van der Waals surface area (Å²) in [6.45, 7) is 8.69. The Bertz CT molecular complexity index is 814. The predicted octanol–water partition coefficient (Wildman–Crippen LogP) is 2.82. The molecule has 0 unspecified atom stereocenters. The van der Waals surface area contributed by atoms with Crippen molar-refractivity contribution in [3.8, 4) is 0 Å². The van der Waals surface area contributed by atoms with Gasteiger partial charge in [0.1, 0.15) is 0 Å². The molecule has 1 saturated heterocycles. The van der Waals surface area contributed by atoms with Crippen molar-refractivity contribution in [3.05, 3.63) is 54.0 Å². The minimum atomic E-state index is -0.245. The Hall–Kier alpha value is -2.80. The number of nitrogens with one attached hydrogen (secondary N) is 2. The van der Waals surface area contributed by atoms with E-state index in [0.29, 0.717) is 31.7 Å². The Morgan fingerprint density at radius 1 is 0.968 bits per heavy atom. The van der Waals surface area contributed by atoms with Gasteiger partial charge in [-0.25, -0.2) is 0 Å². The maximum absolute atomic E-state index is 11.9. The molecule has 2 aromatic rings. The van der Waals surface area contributed by atoms with Gasteiger partial charge in [0.15, 0.2) is 5.76 Å². The van der Waals surface area contributed by atoms with E-state index in [2.05, 4.69) is 51.6 Å². The second-order valence-electron chi connectivity index (χ2n) is 8.06. The number of benzene rings is 1. The van der Waals surface area contributed by atoms with Crippen molar-refractivity contribution in [1.29, 1.82) is 0 Å². The topological polar surface area (TPSA) is 77.8 Å². The molecule has 7 nitrogen and oxygen atoms in total. The number of unbranched alkanes of at least 4 members (excludes halogenated alkanes) is 1. The van der Waals surface area contributed by atoms with Gasteiger partial charge in [-0.05, 0) is 62.6 Å². The number of furan rings is 1. The van der Waals surface area contributed by atoms with Gasteiger partial charge in [-0.3, -0.25) is 14.5 Å². The first-order valence-corrected chi connectivity index (χ1v) is 11.2. The molecule has 2 amide bonds. The number of hydrogen-bond acceptors (Lipinski definition) is 5. The van der Waals surface area contributed by atoms with Gasteiger partial charge in [-0.15, -0.1) is 0 Å². The van der Waals surface area contributed by atoms with Crippen LogP contribution in [-0.2, 0) is 4.79 Å². The van der Waals surface area contributed by atoms with E-state index >= 15 is 0 Å². The third kappa shape index (κ3) is 7.75. The summed E-state index contributed by atoms with van der Waals surface area (Å²) in [4.78, 5) is 28.6. The van der Waals surface area contributed by atoms with Crippen LogP contribution in [0.5, 0.6) is 0 Å². The highest BCUT2D eigenvalue weighted by atomic mass is 16.3. The highest BCUT2D eigenvalue weighted by molar-refractivity contribution is 5.91. The lowest BCUT2D eigenvalue weighted by molar-refractivity contribution is -0.121. The summed E-state index contributed by atoms with van der Waals surface area (Å²) in [5, 5.41) is 5.72. The van der Waals surface area contributed by atoms with Crippen LogP contribution in [-0.4, -0.2) is 62.5 Å². The summed E-state index contributed by atoms with van der Waals surface area (Å²) in [6, 6.07) is 12.0. The number of carbonyl (C=O) groups excluding carboxylic acids is 2. The van der Waals surface area contributed by atoms with E-state index in [4.69, 9.17) is 4.42 Å². The smallest absolute Gasteiger partial charge is 0.286 e. The van der Waals surface area contributed by atoms with E-state index in [0.717, 1.165) is 45.6 Å². The third-order valence-corrected chi connectivity index (χ3v) is 5.57. The molecule has 0 spiro atoms. The van der Waals surface area contributed by atoms with E-state index in [1.54, 1.807) is 12.1 Å². The second kappa shape index (κ2) is 12.2. The zero-order valence-corrected chi connectivity index (χ0v) is 18.4. The van der Waals surface area contributed by atoms with Crippen LogP contribution in [0.1, 0.15) is 41.8 Å². The first-order valence-electron chi connectivity index (χ1n) is 11.2. The molecule has 0 aliphatic carbocycles. The van der Waals surface area contributed by atoms with Gasteiger partial charge in [0.25, 0.3) is 5.91 Å². The van der Waals surface area contributed by atoms with Gasteiger partial charge in [-0.2, -0.15) is 0 Å². The van der Waals surface area contributed by atoms with Crippen molar-refractivity contribution < 1.29 is 14.0 Å². The molecule has 31 heavy (non-hydrogen) atoms. The molecule has 7 heteroatoms. The summed E-state index contributed by atoms with van der Waals surface area (Å²) in [6.07, 6.45) is 4.57. The van der Waals surface area contributed by atoms with Crippen molar-refractivity contribution in [2.75, 3.05) is 50.7 Å². The zero-order chi connectivity index (χ0) is 21.9. The van der Waals surface area contributed by atoms with Crippen LogP contribution in [0.15, 0.2) is 47.1 Å². The molecule has 0 bridgehead atoms. The number of carbonyl (C=O) groups is 2. The summed E-state index contributed by atoms with van der Waals surface area (Å²) < 4.78 is 5.03. The summed E-state index contributed by atoms with van der Waals surface area (Å²) >= 11 is 0. The van der Waals surface area contributed by atoms with Crippen molar-refractivity contribution in [3.63, 3.8) is 0 Å². The molecule has 1 aliphatic rings. The molecule has 1 fully saturated rings. The van der Waals surface area contributed by atoms with Gasteiger partial charge in [0.2, 0.25) is 5.91 Å². The van der Waals surface area contributed by atoms with E-state index in [9.17, 15) is 9.59 Å². The summed E-state index contributed by atoms with van der Waals surface area (Å²) in [5.74, 6) is 0.0881. The minimum absolute atomic E-state index is 0.0408. The van der Waals surface area contributed by atoms with Crippen LogP contribution in [0.2, 0.25) is 0 Å². The Balaban J connectivity index is 1.18. The Labute approximate surface area is 184 Å². The number of anilines is 1. The molecule has 2 N–H and O–H groups in total. The molecule has 1 aliphatic heterocycles. The largest absolute Gasteiger partial charge is 0.459 e. The number of amides is 2. The Morgan fingerprint density at radius 2 is 1.77 bits per heavy atom. The quantitative estimate of drug-likeness (QED) is 0.540. The SMILES string of the molecule is Cc1cccc(N2CCN(CCCCNC(=O)CCCNC(=O)c3ccco3)CC2)c1. The molecular formula is C24H34N4O3. The van der Waals surface area contributed by atoms with Crippen LogP contribution < -0.4 is 15.5 Å². The fraction of sp³-hybridized carbons (Fsp3) is 0.500. The summed E-state index contributed by atoms with van der Waals surface area (Å²) in [5.41, 5.74) is 2.63. The lowest BCUT2D eigenvalue weighted by Gasteiger charge is -2.36. The van der Waals surface area contributed by atoms with Crippen molar-refractivity contribution in [2.45, 2.75) is 32.6 Å². The predicted molar refractivity (Wildman–Crippen MR) is 122 cm³/mol. The molecule has 3 rings (SSSR count). The number of piperazine rings is 1. The lowest BCUT2D eigenvalue weighted by Crippen LogP contribution is -2.46. The fourth-order valence-corrected chi connectivity index (χ4v) is 3.78. The van der Waals surface area contributed by atoms with E-state index in [1.165, 1.54) is 17.5 Å². The van der Waals surface area contributed by atoms with Crippen molar-refractivity contribution in [1.82, 2.24) is 15.5 Å². The average molecular weight is 427 g/mol. The standard InChI is InChI=1S/C24H34N4O3/c1-20-7-4-8-21(19-20)28-16-14-27(15-17-28)13-3-2-11-25-23(29)10-5-12-26-24(30)22-9-6-18-31-22/h4,6-9,18-19H,2-3,5,10-17H2,1H3,(H,25,29)(H,26,30). The highest BCUT2D eigenvalue weighted by Gasteiger charge is 2.16. The van der Waals surface area contributed by atoms with Gasteiger partial charge in [-0.1, -0.05) is 12.1 Å². The number of rotatable bonds is 11. The first-order chi connectivity index (χ1) is 15.1. The van der Waals surface area contributed by atoms with Crippen LogP contribution in [0.3, 0.4) is 0 Å². The average Bonchev–Trinajstić information content (AvgIpc) is 3.32. The number of hydrogen-bond donors (Lipinski definition) is 2. The van der Waals surface area contributed by atoms with Crippen LogP contribution in [0.4, 0.5) is 5.69 Å². The van der Waals surface area contributed by atoms with E-state index in [-0.39, 0.29) is 11.8 Å². The second-order valence-corrected chi connectivity index (χ2v) is 8.06. The van der Waals surface area contributed by atoms with Gasteiger partial charge in [0.05, 0.1) is 6.26 Å². The molecule has 168 valence electrons. The van der Waals surface area contributed by atoms with E-state index in [1.807, 2.05) is 0 Å². The minimum Gasteiger partial charge on any atom is -0.459 e. The molecule has 1 aromatic heterocycles. The van der Waals surface area contributed by atoms with Crippen molar-refractivity contribution >= 4 is 17.5 Å². The Morgan fingerprint density at radius 3 is 2.52 bits per heavy atom. The fourth-order valence-electron chi connectivity index (χ4n) is 3.78. The third-order valence-electron chi connectivity index (χ3n) is 5.57. The normalized spacial score (nSPS) is 14.4. The summed E-state index contributed by atoms with van der Waals surface area (Å²) in [7, 11) is 0. The van der Waals surface area contributed by atoms with Gasteiger partial charge >= 0.3 is 0 Å². The molecule has 1 aromatic carbocycles. The zero-order valence-electron chi connectivity index (χ0n) is 18.4.